The van der Waals surface area contributed by atoms with Crippen molar-refractivity contribution in [1.29, 1.82) is 0 Å². The predicted octanol–water partition coefficient (Wildman–Crippen LogP) is 2.51. The first-order chi connectivity index (χ1) is 14.9. The summed E-state index contributed by atoms with van der Waals surface area (Å²) >= 11 is 0. The largest absolute Gasteiger partial charge is 0.437 e. The Kier molecular flexibility index (Phi) is 6.66. The van der Waals surface area contributed by atoms with Crippen molar-refractivity contribution < 1.29 is 9.63 Å². The molecule has 0 fully saturated rings. The maximum atomic E-state index is 13.0. The minimum atomic E-state index is -0.865. The number of para-hydroxylation sites is 1. The van der Waals surface area contributed by atoms with Gasteiger partial charge in [0.2, 0.25) is 0 Å². The summed E-state index contributed by atoms with van der Waals surface area (Å²) in [5.41, 5.74) is 6.09. The van der Waals surface area contributed by atoms with Gasteiger partial charge >= 0.3 is 11.8 Å². The Labute approximate surface area is 178 Å². The van der Waals surface area contributed by atoms with Crippen LogP contribution >= 0.6 is 0 Å². The third-order valence-corrected chi connectivity index (χ3v) is 4.46. The molecule has 0 spiro atoms. The smallest absolute Gasteiger partial charge is 0.380 e. The van der Waals surface area contributed by atoms with E-state index in [1.165, 1.54) is 10.8 Å². The van der Waals surface area contributed by atoms with E-state index >= 15 is 0 Å². The minimum Gasteiger partial charge on any atom is -0.380 e. The molecule has 31 heavy (non-hydrogen) atoms. The number of benzene rings is 2. The van der Waals surface area contributed by atoms with Crippen molar-refractivity contribution in [2.45, 2.75) is 26.4 Å². The zero-order valence-corrected chi connectivity index (χ0v) is 17.2. The van der Waals surface area contributed by atoms with Gasteiger partial charge in [-0.1, -0.05) is 53.7 Å². The van der Waals surface area contributed by atoms with Crippen molar-refractivity contribution in [2.75, 3.05) is 5.32 Å². The first-order valence-electron chi connectivity index (χ1n) is 9.63. The van der Waals surface area contributed by atoms with Crippen LogP contribution in [0.3, 0.4) is 0 Å². The Morgan fingerprint density at radius 3 is 2.29 bits per heavy atom. The molecule has 1 heterocycles. The van der Waals surface area contributed by atoms with Gasteiger partial charge in [0.05, 0.1) is 6.54 Å². The second kappa shape index (κ2) is 9.57. The number of anilines is 1. The number of amides is 1. The van der Waals surface area contributed by atoms with Crippen LogP contribution in [0.2, 0.25) is 0 Å². The van der Waals surface area contributed by atoms with E-state index in [-0.39, 0.29) is 24.0 Å². The molecular formula is C22H23N5O4. The quantitative estimate of drug-likeness (QED) is 0.274. The highest BCUT2D eigenvalue weighted by atomic mass is 16.7. The van der Waals surface area contributed by atoms with Crippen LogP contribution in [0, 0.1) is 0 Å². The van der Waals surface area contributed by atoms with Crippen molar-refractivity contribution in [1.82, 2.24) is 9.13 Å². The fourth-order valence-electron chi connectivity index (χ4n) is 2.87. The molecule has 0 unspecified atom stereocenters. The summed E-state index contributed by atoms with van der Waals surface area (Å²) in [5.74, 6) is -0.315. The van der Waals surface area contributed by atoms with Gasteiger partial charge in [-0.3, -0.25) is 24.1 Å². The van der Waals surface area contributed by atoms with Crippen molar-refractivity contribution in [3.8, 4) is 0 Å². The zero-order valence-electron chi connectivity index (χ0n) is 17.2. The van der Waals surface area contributed by atoms with Crippen LogP contribution in [0.15, 0.2) is 81.6 Å². The Morgan fingerprint density at radius 2 is 1.68 bits per heavy atom. The number of aromatic nitrogens is 2. The summed E-state index contributed by atoms with van der Waals surface area (Å²) in [6.07, 6.45) is 0.463. The first-order valence-corrected chi connectivity index (χ1v) is 9.63. The van der Waals surface area contributed by atoms with Crippen LogP contribution < -0.4 is 22.3 Å². The van der Waals surface area contributed by atoms with Gasteiger partial charge in [-0.2, -0.15) is 0 Å². The molecule has 0 atom stereocenters. The molecular weight excluding hydrogens is 398 g/mol. The Morgan fingerprint density at radius 1 is 1.06 bits per heavy atom. The Bertz CT molecular complexity index is 1200. The van der Waals surface area contributed by atoms with E-state index in [0.29, 0.717) is 5.69 Å². The second-order valence-electron chi connectivity index (χ2n) is 7.05. The number of oxime groups is 1. The number of nitrogens with zero attached hydrogens (tertiary/aromatic N) is 3. The standard InChI is InChI=1S/C22H23N5O4/c1-15(2)26-14-18(19(23)25-31-21(29)24-17-11-7-4-8-12-17)20(28)27(22(26)30)13-16-9-5-3-6-10-16/h3-12,14-15H,13H2,1-2H3,(H2,23,25)(H,24,29). The summed E-state index contributed by atoms with van der Waals surface area (Å²) in [7, 11) is 0. The SMILES string of the molecule is CC(C)n1cc(/C(N)=N/OC(=O)Nc2ccccc2)c(=O)n(Cc2ccccc2)c1=O. The highest BCUT2D eigenvalue weighted by Gasteiger charge is 2.17. The van der Waals surface area contributed by atoms with Gasteiger partial charge in [0.15, 0.2) is 5.84 Å². The molecule has 160 valence electrons. The lowest BCUT2D eigenvalue weighted by molar-refractivity contribution is 0.166. The Hall–Kier alpha value is -4.14. The number of carbonyl (C=O) groups excluding carboxylic acids is 1. The van der Waals surface area contributed by atoms with Gasteiger partial charge in [0.1, 0.15) is 5.56 Å². The number of nitrogens with one attached hydrogen (secondary N) is 1. The molecule has 3 N–H and O–H groups in total. The van der Waals surface area contributed by atoms with Crippen molar-refractivity contribution >= 4 is 17.6 Å². The molecule has 9 heteroatoms. The number of amidine groups is 1. The normalized spacial score (nSPS) is 11.4. The first kappa shape index (κ1) is 21.6. The van der Waals surface area contributed by atoms with E-state index < -0.39 is 17.3 Å². The molecule has 2 aromatic carbocycles. The number of carbonyl (C=O) groups is 1. The molecule has 3 aromatic rings. The number of nitrogens with two attached hydrogens (primary N) is 1. The van der Waals surface area contributed by atoms with Crippen LogP contribution in [0.1, 0.15) is 31.0 Å². The second-order valence-corrected chi connectivity index (χ2v) is 7.05. The molecule has 1 amide bonds. The maximum absolute atomic E-state index is 13.0. The summed E-state index contributed by atoms with van der Waals surface area (Å²) in [4.78, 5) is 42.5. The van der Waals surface area contributed by atoms with Crippen LogP contribution in [0.25, 0.3) is 0 Å². The fourth-order valence-corrected chi connectivity index (χ4v) is 2.87. The van der Waals surface area contributed by atoms with Gasteiger partial charge in [0, 0.05) is 17.9 Å². The monoisotopic (exact) mass is 421 g/mol. The minimum absolute atomic E-state index is 0.0447. The number of hydrogen-bond donors (Lipinski definition) is 2. The van der Waals surface area contributed by atoms with Crippen LogP contribution in [-0.2, 0) is 11.4 Å². The molecule has 0 aliphatic carbocycles. The van der Waals surface area contributed by atoms with Gasteiger partial charge in [-0.25, -0.2) is 9.59 Å². The van der Waals surface area contributed by atoms with E-state index in [2.05, 4.69) is 10.5 Å². The molecule has 0 saturated carbocycles. The van der Waals surface area contributed by atoms with E-state index in [4.69, 9.17) is 10.6 Å². The fraction of sp³-hybridized carbons (Fsp3) is 0.182. The highest BCUT2D eigenvalue weighted by molar-refractivity contribution is 5.97. The third-order valence-electron chi connectivity index (χ3n) is 4.46. The van der Waals surface area contributed by atoms with Gasteiger partial charge in [0.25, 0.3) is 5.56 Å². The average Bonchev–Trinajstić information content (AvgIpc) is 2.76. The molecule has 0 bridgehead atoms. The van der Waals surface area contributed by atoms with E-state index in [9.17, 15) is 14.4 Å². The summed E-state index contributed by atoms with van der Waals surface area (Å²) < 4.78 is 2.46. The maximum Gasteiger partial charge on any atom is 0.437 e. The molecule has 0 aliphatic heterocycles. The molecule has 0 saturated heterocycles. The van der Waals surface area contributed by atoms with E-state index in [1.807, 2.05) is 30.3 Å². The van der Waals surface area contributed by atoms with Gasteiger partial charge in [-0.15, -0.1) is 0 Å². The van der Waals surface area contributed by atoms with E-state index in [0.717, 1.165) is 10.1 Å². The highest BCUT2D eigenvalue weighted by Crippen LogP contribution is 2.06. The predicted molar refractivity (Wildman–Crippen MR) is 118 cm³/mol. The van der Waals surface area contributed by atoms with Crippen molar-refractivity contribution in [3.63, 3.8) is 0 Å². The molecule has 3 rings (SSSR count). The van der Waals surface area contributed by atoms with Crippen LogP contribution in [-0.4, -0.2) is 21.1 Å². The van der Waals surface area contributed by atoms with E-state index in [1.54, 1.807) is 44.2 Å². The third kappa shape index (κ3) is 5.27. The Balaban J connectivity index is 1.92. The lowest BCUT2D eigenvalue weighted by atomic mass is 10.2. The molecule has 0 radical (unpaired) electrons. The number of hydrogen-bond acceptors (Lipinski definition) is 5. The van der Waals surface area contributed by atoms with Gasteiger partial charge in [-0.05, 0) is 31.5 Å². The molecule has 0 aliphatic rings. The zero-order chi connectivity index (χ0) is 22.4. The molecule has 1 aromatic heterocycles. The number of rotatable bonds is 6. The lowest BCUT2D eigenvalue weighted by Crippen LogP contribution is -2.44. The average molecular weight is 421 g/mol. The summed E-state index contributed by atoms with van der Waals surface area (Å²) in [6, 6.07) is 17.5. The van der Waals surface area contributed by atoms with Crippen molar-refractivity contribution in [3.05, 3.63) is 98.8 Å². The van der Waals surface area contributed by atoms with Crippen LogP contribution in [0.5, 0.6) is 0 Å². The molecule has 9 nitrogen and oxygen atoms in total. The summed E-state index contributed by atoms with van der Waals surface area (Å²) in [6.45, 7) is 3.68. The van der Waals surface area contributed by atoms with Crippen LogP contribution in [0.4, 0.5) is 10.5 Å². The summed E-state index contributed by atoms with van der Waals surface area (Å²) in [5, 5.41) is 6.07. The van der Waals surface area contributed by atoms with Crippen molar-refractivity contribution in [2.24, 2.45) is 10.9 Å². The topological polar surface area (TPSA) is 121 Å². The van der Waals surface area contributed by atoms with Gasteiger partial charge < -0.3 is 5.73 Å². The lowest BCUT2D eigenvalue weighted by Gasteiger charge is -2.15.